The second-order valence-electron chi connectivity index (χ2n) is 3.82. The summed E-state index contributed by atoms with van der Waals surface area (Å²) in [5.41, 5.74) is 6.45. The van der Waals surface area contributed by atoms with Gasteiger partial charge in [-0.3, -0.25) is 14.2 Å². The zero-order valence-electron chi connectivity index (χ0n) is 9.71. The van der Waals surface area contributed by atoms with Crippen LogP contribution < -0.4 is 11.1 Å². The van der Waals surface area contributed by atoms with Crippen LogP contribution in [0.15, 0.2) is 18.5 Å². The van der Waals surface area contributed by atoms with Crippen molar-refractivity contribution in [3.8, 4) is 0 Å². The Balaban J connectivity index is 1.97. The molecule has 0 radical (unpaired) electrons. The number of aryl methyl sites for hydroxylation is 2. The Morgan fingerprint density at radius 3 is 2.82 bits per heavy atom. The van der Waals surface area contributed by atoms with E-state index in [1.165, 1.54) is 4.68 Å². The lowest BCUT2D eigenvalue weighted by Gasteiger charge is -2.01. The Morgan fingerprint density at radius 2 is 2.29 bits per heavy atom. The number of carbonyl (C=O) groups is 1. The first-order valence-corrected chi connectivity index (χ1v) is 5.13. The van der Waals surface area contributed by atoms with Gasteiger partial charge in [0.2, 0.25) is 5.91 Å². The number of nitrogen functional groups attached to an aromatic ring is 1. The molecule has 90 valence electrons. The summed E-state index contributed by atoms with van der Waals surface area (Å²) < 4.78 is 3.12. The standard InChI is InChI=1S/C10H14N6O/c1-7-5-16(14-10(7)11)6-9(17)12-8-3-4-15(2)13-8/h3-5H,6H2,1-2H3,(H2,11,14)(H,12,13,17). The minimum absolute atomic E-state index is 0.120. The fourth-order valence-electron chi connectivity index (χ4n) is 1.43. The van der Waals surface area contributed by atoms with Gasteiger partial charge in [0.15, 0.2) is 5.82 Å². The van der Waals surface area contributed by atoms with Gasteiger partial charge in [0.05, 0.1) is 0 Å². The largest absolute Gasteiger partial charge is 0.382 e. The van der Waals surface area contributed by atoms with Crippen molar-refractivity contribution in [3.63, 3.8) is 0 Å². The van der Waals surface area contributed by atoms with Crippen molar-refractivity contribution in [1.29, 1.82) is 0 Å². The molecule has 17 heavy (non-hydrogen) atoms. The van der Waals surface area contributed by atoms with Crippen molar-refractivity contribution in [1.82, 2.24) is 19.6 Å². The van der Waals surface area contributed by atoms with Crippen LogP contribution in [0, 0.1) is 6.92 Å². The van der Waals surface area contributed by atoms with Crippen LogP contribution in [0.1, 0.15) is 5.56 Å². The van der Waals surface area contributed by atoms with E-state index in [4.69, 9.17) is 5.73 Å². The molecule has 0 unspecified atom stereocenters. The summed E-state index contributed by atoms with van der Waals surface area (Å²) in [5, 5.41) is 10.7. The van der Waals surface area contributed by atoms with E-state index in [0.29, 0.717) is 11.6 Å². The Kier molecular flexibility index (Phi) is 2.82. The van der Waals surface area contributed by atoms with Crippen LogP contribution in [0.3, 0.4) is 0 Å². The van der Waals surface area contributed by atoms with Crippen LogP contribution >= 0.6 is 0 Å². The van der Waals surface area contributed by atoms with Crippen LogP contribution in [0.5, 0.6) is 0 Å². The maximum Gasteiger partial charge on any atom is 0.247 e. The van der Waals surface area contributed by atoms with E-state index in [9.17, 15) is 4.79 Å². The SMILES string of the molecule is Cc1cn(CC(=O)Nc2ccn(C)n2)nc1N. The lowest BCUT2D eigenvalue weighted by Crippen LogP contribution is -2.19. The highest BCUT2D eigenvalue weighted by molar-refractivity contribution is 5.89. The van der Waals surface area contributed by atoms with Crippen molar-refractivity contribution >= 4 is 17.5 Å². The van der Waals surface area contributed by atoms with E-state index in [0.717, 1.165) is 5.56 Å². The Morgan fingerprint density at radius 1 is 1.53 bits per heavy atom. The molecule has 0 aliphatic heterocycles. The molecule has 0 aliphatic carbocycles. The summed E-state index contributed by atoms with van der Waals surface area (Å²) in [4.78, 5) is 11.6. The molecule has 0 aliphatic rings. The summed E-state index contributed by atoms with van der Waals surface area (Å²) >= 11 is 0. The van der Waals surface area contributed by atoms with Crippen molar-refractivity contribution in [3.05, 3.63) is 24.0 Å². The van der Waals surface area contributed by atoms with Gasteiger partial charge in [-0.1, -0.05) is 0 Å². The monoisotopic (exact) mass is 234 g/mol. The van der Waals surface area contributed by atoms with Crippen LogP contribution in [-0.2, 0) is 18.4 Å². The first-order valence-electron chi connectivity index (χ1n) is 5.13. The molecule has 0 saturated carbocycles. The maximum absolute atomic E-state index is 11.6. The number of aromatic nitrogens is 4. The third-order valence-electron chi connectivity index (χ3n) is 2.27. The molecule has 7 nitrogen and oxygen atoms in total. The Hall–Kier alpha value is -2.31. The highest BCUT2D eigenvalue weighted by atomic mass is 16.2. The molecule has 2 rings (SSSR count). The van der Waals surface area contributed by atoms with E-state index in [-0.39, 0.29) is 12.5 Å². The third kappa shape index (κ3) is 2.63. The smallest absolute Gasteiger partial charge is 0.247 e. The average Bonchev–Trinajstić information content (AvgIpc) is 2.75. The molecule has 0 saturated heterocycles. The molecule has 0 fully saturated rings. The number of amides is 1. The first-order chi connectivity index (χ1) is 8.04. The zero-order valence-corrected chi connectivity index (χ0v) is 9.71. The molecule has 1 amide bonds. The molecule has 0 aromatic carbocycles. The van der Waals surface area contributed by atoms with Gasteiger partial charge in [0.25, 0.3) is 0 Å². The molecule has 2 heterocycles. The van der Waals surface area contributed by atoms with E-state index in [1.54, 1.807) is 30.2 Å². The Bertz CT molecular complexity index is 521. The molecule has 2 aromatic rings. The normalized spacial score (nSPS) is 10.5. The summed E-state index contributed by atoms with van der Waals surface area (Å²) in [5.74, 6) is 0.774. The van der Waals surface area contributed by atoms with Crippen LogP contribution in [0.2, 0.25) is 0 Å². The summed E-state index contributed by atoms with van der Waals surface area (Å²) in [6.45, 7) is 1.96. The van der Waals surface area contributed by atoms with Crippen LogP contribution in [0.25, 0.3) is 0 Å². The van der Waals surface area contributed by atoms with Crippen molar-refractivity contribution < 1.29 is 4.79 Å². The number of anilines is 2. The lowest BCUT2D eigenvalue weighted by molar-refractivity contribution is -0.116. The molecule has 2 aromatic heterocycles. The predicted octanol–water partition coefficient (Wildman–Crippen LogP) is 0.146. The minimum atomic E-state index is -0.189. The van der Waals surface area contributed by atoms with Gasteiger partial charge in [0.1, 0.15) is 12.4 Å². The molecule has 0 bridgehead atoms. The fourth-order valence-corrected chi connectivity index (χ4v) is 1.43. The molecule has 7 heteroatoms. The number of carbonyl (C=O) groups excluding carboxylic acids is 1. The number of nitrogens with zero attached hydrogens (tertiary/aromatic N) is 4. The minimum Gasteiger partial charge on any atom is -0.382 e. The number of nitrogens with one attached hydrogen (secondary N) is 1. The van der Waals surface area contributed by atoms with Crippen molar-refractivity contribution in [2.24, 2.45) is 7.05 Å². The van der Waals surface area contributed by atoms with E-state index in [1.807, 2.05) is 6.92 Å². The molecule has 3 N–H and O–H groups in total. The molecular weight excluding hydrogens is 220 g/mol. The first kappa shape index (κ1) is 11.2. The van der Waals surface area contributed by atoms with E-state index < -0.39 is 0 Å². The summed E-state index contributed by atoms with van der Waals surface area (Å²) in [7, 11) is 1.78. The molecule has 0 spiro atoms. The van der Waals surface area contributed by atoms with E-state index >= 15 is 0 Å². The van der Waals surface area contributed by atoms with Gasteiger partial charge in [-0.15, -0.1) is 0 Å². The van der Waals surface area contributed by atoms with Gasteiger partial charge in [-0.05, 0) is 6.92 Å². The fraction of sp³-hybridized carbons (Fsp3) is 0.300. The van der Waals surface area contributed by atoms with Gasteiger partial charge >= 0.3 is 0 Å². The highest BCUT2D eigenvalue weighted by Gasteiger charge is 2.07. The van der Waals surface area contributed by atoms with E-state index in [2.05, 4.69) is 15.5 Å². The van der Waals surface area contributed by atoms with Gasteiger partial charge < -0.3 is 11.1 Å². The van der Waals surface area contributed by atoms with Crippen molar-refractivity contribution in [2.45, 2.75) is 13.5 Å². The van der Waals surface area contributed by atoms with Crippen molar-refractivity contribution in [2.75, 3.05) is 11.1 Å². The molecule has 0 atom stereocenters. The maximum atomic E-state index is 11.6. The number of nitrogens with two attached hydrogens (primary N) is 1. The topological polar surface area (TPSA) is 90.8 Å². The zero-order chi connectivity index (χ0) is 12.4. The lowest BCUT2D eigenvalue weighted by atomic mass is 10.4. The Labute approximate surface area is 98.2 Å². The highest BCUT2D eigenvalue weighted by Crippen LogP contribution is 2.06. The average molecular weight is 234 g/mol. The third-order valence-corrected chi connectivity index (χ3v) is 2.27. The summed E-state index contributed by atoms with van der Waals surface area (Å²) in [6.07, 6.45) is 3.49. The molecular formula is C10H14N6O. The second-order valence-corrected chi connectivity index (χ2v) is 3.82. The number of hydrogen-bond acceptors (Lipinski definition) is 4. The van der Waals surface area contributed by atoms with Crippen LogP contribution in [0.4, 0.5) is 11.6 Å². The summed E-state index contributed by atoms with van der Waals surface area (Å²) in [6, 6.07) is 1.72. The quantitative estimate of drug-likeness (QED) is 0.790. The van der Waals surface area contributed by atoms with Gasteiger partial charge in [-0.25, -0.2) is 0 Å². The van der Waals surface area contributed by atoms with Crippen LogP contribution in [-0.4, -0.2) is 25.5 Å². The number of rotatable bonds is 3. The predicted molar refractivity (Wildman–Crippen MR) is 63.2 cm³/mol. The second kappa shape index (κ2) is 4.28. The number of hydrogen-bond donors (Lipinski definition) is 2. The van der Waals surface area contributed by atoms with Gasteiger partial charge in [0, 0.05) is 31.1 Å². The van der Waals surface area contributed by atoms with Gasteiger partial charge in [-0.2, -0.15) is 10.2 Å².